The highest BCUT2D eigenvalue weighted by Crippen LogP contribution is 2.37. The van der Waals surface area contributed by atoms with Crippen LogP contribution >= 0.6 is 22.6 Å². The average Bonchev–Trinajstić information content (AvgIpc) is 2.66. The van der Waals surface area contributed by atoms with E-state index >= 15 is 0 Å². The molecule has 146 valence electrons. The summed E-state index contributed by atoms with van der Waals surface area (Å²) in [6, 6.07) is 11.5. The van der Waals surface area contributed by atoms with Gasteiger partial charge in [0.2, 0.25) is 0 Å². The number of methoxy groups -OCH3 is 1. The summed E-state index contributed by atoms with van der Waals surface area (Å²) in [6.45, 7) is 6.52. The fraction of sp³-hybridized carbons (Fsp3) is 0.273. The van der Waals surface area contributed by atoms with Crippen molar-refractivity contribution in [2.45, 2.75) is 26.3 Å². The number of amides is 1. The standard InChI is InChI=1S/C22H24IN3O2/c1-14-12-22(2,3)26(4)19-9-6-15(10-17(14)19)13-24-25-21(27)16-7-8-18(23)20(11-16)28-5/h6-13H,1-5H3,(H,25,27)/b24-13+. The van der Waals surface area contributed by atoms with Gasteiger partial charge in [-0.3, -0.25) is 4.79 Å². The van der Waals surface area contributed by atoms with Gasteiger partial charge in [-0.15, -0.1) is 0 Å². The Morgan fingerprint density at radius 1 is 1.25 bits per heavy atom. The quantitative estimate of drug-likeness (QED) is 0.385. The number of likely N-dealkylation sites (N-methyl/N-ethyl adjacent to an activating group) is 1. The van der Waals surface area contributed by atoms with Crippen LogP contribution in [0.1, 0.15) is 42.3 Å². The van der Waals surface area contributed by atoms with Crippen LogP contribution in [0.15, 0.2) is 47.6 Å². The first-order valence-corrected chi connectivity index (χ1v) is 10.1. The molecule has 0 aliphatic carbocycles. The molecule has 1 aliphatic heterocycles. The molecule has 2 aromatic rings. The van der Waals surface area contributed by atoms with Gasteiger partial charge < -0.3 is 9.64 Å². The maximum Gasteiger partial charge on any atom is 0.271 e. The van der Waals surface area contributed by atoms with Crippen molar-refractivity contribution in [1.82, 2.24) is 5.43 Å². The first-order chi connectivity index (χ1) is 13.2. The molecule has 1 N–H and O–H groups in total. The fourth-order valence-electron chi connectivity index (χ4n) is 3.29. The van der Waals surface area contributed by atoms with Crippen LogP contribution in [0.25, 0.3) is 5.57 Å². The van der Waals surface area contributed by atoms with Crippen LogP contribution in [0, 0.1) is 3.57 Å². The number of carbonyl (C=O) groups excluding carboxylic acids is 1. The minimum atomic E-state index is -0.276. The van der Waals surface area contributed by atoms with Crippen LogP contribution in [-0.4, -0.2) is 31.8 Å². The predicted molar refractivity (Wildman–Crippen MR) is 123 cm³/mol. The number of ether oxygens (including phenoxy) is 1. The van der Waals surface area contributed by atoms with E-state index in [1.165, 1.54) is 16.8 Å². The Hall–Kier alpha value is -2.35. The normalized spacial score (nSPS) is 15.2. The first-order valence-electron chi connectivity index (χ1n) is 8.97. The summed E-state index contributed by atoms with van der Waals surface area (Å²) in [6.07, 6.45) is 3.93. The molecule has 1 aliphatic rings. The van der Waals surface area contributed by atoms with Crippen LogP contribution in [0.3, 0.4) is 0 Å². The molecule has 2 aromatic carbocycles. The molecule has 0 saturated heterocycles. The minimum absolute atomic E-state index is 0.0186. The number of rotatable bonds is 4. The van der Waals surface area contributed by atoms with E-state index in [9.17, 15) is 4.79 Å². The smallest absolute Gasteiger partial charge is 0.271 e. The number of anilines is 1. The molecule has 6 heteroatoms. The minimum Gasteiger partial charge on any atom is -0.496 e. The highest BCUT2D eigenvalue weighted by atomic mass is 127. The Balaban J connectivity index is 1.75. The second-order valence-electron chi connectivity index (χ2n) is 7.37. The van der Waals surface area contributed by atoms with Crippen molar-refractivity contribution in [3.05, 3.63) is 62.7 Å². The zero-order valence-electron chi connectivity index (χ0n) is 16.7. The molecule has 5 nitrogen and oxygen atoms in total. The number of benzene rings is 2. The van der Waals surface area contributed by atoms with Gasteiger partial charge in [0, 0.05) is 23.9 Å². The maximum atomic E-state index is 12.3. The molecule has 3 rings (SSSR count). The lowest BCUT2D eigenvalue weighted by Crippen LogP contribution is -2.42. The highest BCUT2D eigenvalue weighted by Gasteiger charge is 2.28. The van der Waals surface area contributed by atoms with Crippen molar-refractivity contribution >= 4 is 46.0 Å². The SMILES string of the molecule is COc1cc(C(=O)N/N=C/c2ccc3c(c2)C(C)=CC(C)(C)N3C)ccc1I. The number of allylic oxidation sites excluding steroid dienone is 1. The summed E-state index contributed by atoms with van der Waals surface area (Å²) in [7, 11) is 3.69. The van der Waals surface area contributed by atoms with Crippen LogP contribution in [-0.2, 0) is 0 Å². The van der Waals surface area contributed by atoms with Crippen LogP contribution < -0.4 is 15.1 Å². The molecule has 1 amide bonds. The van der Waals surface area contributed by atoms with Crippen molar-refractivity contribution < 1.29 is 9.53 Å². The number of nitrogens with one attached hydrogen (secondary N) is 1. The molecule has 0 spiro atoms. The summed E-state index contributed by atoms with van der Waals surface area (Å²) in [4.78, 5) is 14.6. The number of hydrogen-bond acceptors (Lipinski definition) is 4. The molecule has 0 bridgehead atoms. The number of halogens is 1. The molecular weight excluding hydrogens is 465 g/mol. The van der Waals surface area contributed by atoms with E-state index in [1.54, 1.807) is 25.5 Å². The number of carbonyl (C=O) groups is 1. The Bertz CT molecular complexity index is 980. The molecule has 0 unspecified atom stereocenters. The van der Waals surface area contributed by atoms with Crippen molar-refractivity contribution in [2.24, 2.45) is 5.10 Å². The molecule has 0 fully saturated rings. The van der Waals surface area contributed by atoms with Crippen molar-refractivity contribution in [2.75, 3.05) is 19.1 Å². The van der Waals surface area contributed by atoms with Crippen molar-refractivity contribution in [1.29, 1.82) is 0 Å². The van der Waals surface area contributed by atoms with Crippen molar-refractivity contribution in [3.8, 4) is 5.75 Å². The summed E-state index contributed by atoms with van der Waals surface area (Å²) in [5.74, 6) is 0.391. The van der Waals surface area contributed by atoms with Crippen LogP contribution in [0.2, 0.25) is 0 Å². The molecule has 0 aromatic heterocycles. The Morgan fingerprint density at radius 3 is 2.71 bits per heavy atom. The van der Waals surface area contributed by atoms with E-state index in [2.05, 4.69) is 84.0 Å². The summed E-state index contributed by atoms with van der Waals surface area (Å²) >= 11 is 2.16. The van der Waals surface area contributed by atoms with Crippen molar-refractivity contribution in [3.63, 3.8) is 0 Å². The Morgan fingerprint density at radius 2 is 2.00 bits per heavy atom. The number of hydrogen-bond donors (Lipinski definition) is 1. The summed E-state index contributed by atoms with van der Waals surface area (Å²) in [5.41, 5.74) is 7.60. The van der Waals surface area contributed by atoms with E-state index in [1.807, 2.05) is 12.1 Å². The van der Waals surface area contributed by atoms with Gasteiger partial charge in [-0.25, -0.2) is 5.43 Å². The van der Waals surface area contributed by atoms with E-state index < -0.39 is 0 Å². The summed E-state index contributed by atoms with van der Waals surface area (Å²) in [5, 5.41) is 4.12. The van der Waals surface area contributed by atoms with Gasteiger partial charge in [0.05, 0.1) is 22.4 Å². The first kappa shape index (κ1) is 20.4. The van der Waals surface area contributed by atoms with Gasteiger partial charge in [-0.05, 0) is 84.8 Å². The molecule has 0 atom stereocenters. The summed E-state index contributed by atoms with van der Waals surface area (Å²) < 4.78 is 6.21. The third-order valence-corrected chi connectivity index (χ3v) is 5.93. The molecule has 28 heavy (non-hydrogen) atoms. The third kappa shape index (κ3) is 4.06. The van der Waals surface area contributed by atoms with Gasteiger partial charge in [0.25, 0.3) is 5.91 Å². The van der Waals surface area contributed by atoms with E-state index in [0.717, 1.165) is 9.13 Å². The van der Waals surface area contributed by atoms with Gasteiger partial charge in [0.1, 0.15) is 5.75 Å². The topological polar surface area (TPSA) is 53.9 Å². The lowest BCUT2D eigenvalue weighted by molar-refractivity contribution is 0.0954. The zero-order chi connectivity index (χ0) is 20.5. The number of fused-ring (bicyclic) bond motifs is 1. The van der Waals surface area contributed by atoms with E-state index in [4.69, 9.17) is 4.74 Å². The monoisotopic (exact) mass is 489 g/mol. The third-order valence-electron chi connectivity index (χ3n) is 5.03. The number of nitrogens with zero attached hydrogens (tertiary/aromatic N) is 2. The zero-order valence-corrected chi connectivity index (χ0v) is 18.9. The van der Waals surface area contributed by atoms with Gasteiger partial charge in [0.15, 0.2) is 0 Å². The molecular formula is C22H24IN3O2. The largest absolute Gasteiger partial charge is 0.496 e. The maximum absolute atomic E-state index is 12.3. The number of hydrazone groups is 1. The average molecular weight is 489 g/mol. The molecule has 0 saturated carbocycles. The Labute approximate surface area is 179 Å². The van der Waals surface area contributed by atoms with Gasteiger partial charge in [-0.1, -0.05) is 12.1 Å². The lowest BCUT2D eigenvalue weighted by atomic mass is 9.89. The van der Waals surface area contributed by atoms with Gasteiger partial charge in [-0.2, -0.15) is 5.10 Å². The fourth-order valence-corrected chi connectivity index (χ4v) is 3.84. The van der Waals surface area contributed by atoms with Gasteiger partial charge >= 0.3 is 0 Å². The van der Waals surface area contributed by atoms with E-state index in [0.29, 0.717) is 11.3 Å². The molecule has 0 radical (unpaired) electrons. The highest BCUT2D eigenvalue weighted by molar-refractivity contribution is 14.1. The predicted octanol–water partition coefficient (Wildman–Crippen LogP) is 4.70. The lowest BCUT2D eigenvalue weighted by Gasteiger charge is -2.40. The second-order valence-corrected chi connectivity index (χ2v) is 8.53. The van der Waals surface area contributed by atoms with E-state index in [-0.39, 0.29) is 11.4 Å². The van der Waals surface area contributed by atoms with Crippen LogP contribution in [0.4, 0.5) is 5.69 Å². The van der Waals surface area contributed by atoms with Crippen LogP contribution in [0.5, 0.6) is 5.75 Å². The Kier molecular flexibility index (Phi) is 5.79. The second kappa shape index (κ2) is 7.95. The molecule has 1 heterocycles.